The minimum Gasteiger partial charge on any atom is -0.353 e. The van der Waals surface area contributed by atoms with Gasteiger partial charge in [0.25, 0.3) is 0 Å². The lowest BCUT2D eigenvalue weighted by Crippen LogP contribution is -2.45. The van der Waals surface area contributed by atoms with E-state index in [9.17, 15) is 13.2 Å². The van der Waals surface area contributed by atoms with E-state index in [2.05, 4.69) is 5.32 Å². The van der Waals surface area contributed by atoms with Gasteiger partial charge in [0.05, 0.1) is 10.7 Å². The van der Waals surface area contributed by atoms with Crippen LogP contribution in [0.25, 0.3) is 0 Å². The Morgan fingerprint density at radius 2 is 1.86 bits per heavy atom. The molecule has 2 fully saturated rings. The largest absolute Gasteiger partial charge is 0.353 e. The third-order valence-corrected chi connectivity index (χ3v) is 6.72. The van der Waals surface area contributed by atoms with Crippen molar-refractivity contribution in [3.63, 3.8) is 0 Å². The number of carbonyl (C=O) groups excluding carboxylic acids is 1. The van der Waals surface area contributed by atoms with Gasteiger partial charge in [-0.15, -0.1) is 0 Å². The topological polar surface area (TPSA) is 63.2 Å². The van der Waals surface area contributed by atoms with Crippen molar-refractivity contribution in [2.45, 2.75) is 55.2 Å². The van der Waals surface area contributed by atoms with Crippen LogP contribution in [0.5, 0.6) is 0 Å². The Hall–Kier alpha value is -1.36. The second-order valence-electron chi connectivity index (χ2n) is 6.74. The van der Waals surface area contributed by atoms with Gasteiger partial charge in [-0.25, -0.2) is 8.42 Å². The molecule has 5 heteroatoms. The highest BCUT2D eigenvalue weighted by Gasteiger charge is 2.51. The van der Waals surface area contributed by atoms with E-state index in [0.29, 0.717) is 6.42 Å². The van der Waals surface area contributed by atoms with Gasteiger partial charge in [0.15, 0.2) is 0 Å². The second-order valence-corrected chi connectivity index (χ2v) is 9.06. The van der Waals surface area contributed by atoms with Crippen molar-refractivity contribution < 1.29 is 13.2 Å². The Bertz CT molecular complexity index is 650. The summed E-state index contributed by atoms with van der Waals surface area (Å²) >= 11 is 0. The van der Waals surface area contributed by atoms with Crippen LogP contribution < -0.4 is 5.32 Å². The van der Waals surface area contributed by atoms with Crippen molar-refractivity contribution in [3.05, 3.63) is 35.9 Å². The third kappa shape index (κ3) is 3.05. The van der Waals surface area contributed by atoms with Gasteiger partial charge >= 0.3 is 0 Å². The molecule has 3 rings (SSSR count). The Labute approximate surface area is 132 Å². The smallest absolute Gasteiger partial charge is 0.230 e. The van der Waals surface area contributed by atoms with Crippen molar-refractivity contribution in [1.82, 2.24) is 5.32 Å². The van der Waals surface area contributed by atoms with Crippen molar-refractivity contribution in [2.75, 3.05) is 6.26 Å². The lowest BCUT2D eigenvalue weighted by Gasteiger charge is -2.30. The zero-order chi connectivity index (χ0) is 15.8. The van der Waals surface area contributed by atoms with E-state index in [1.807, 2.05) is 30.3 Å². The molecule has 0 bridgehead atoms. The van der Waals surface area contributed by atoms with Gasteiger partial charge in [0.2, 0.25) is 5.91 Å². The fraction of sp³-hybridized carbons (Fsp3) is 0.588. The highest BCUT2D eigenvalue weighted by molar-refractivity contribution is 7.91. The molecule has 2 aliphatic carbocycles. The van der Waals surface area contributed by atoms with Crippen molar-refractivity contribution in [3.8, 4) is 0 Å². The van der Waals surface area contributed by atoms with E-state index in [1.165, 1.54) is 6.26 Å². The van der Waals surface area contributed by atoms with Crippen molar-refractivity contribution in [1.29, 1.82) is 0 Å². The van der Waals surface area contributed by atoms with E-state index in [1.54, 1.807) is 0 Å². The zero-order valence-electron chi connectivity index (χ0n) is 12.9. The second kappa shape index (κ2) is 5.69. The highest BCUT2D eigenvalue weighted by Crippen LogP contribution is 2.48. The standard InChI is InChI=1S/C17H23NO3S/c1-22(20,21)15-9-5-8-14(12-15)18-16(19)17(10-11-17)13-6-3-2-4-7-13/h2-4,6-7,14-15H,5,8-12H2,1H3,(H,18,19). The first-order valence-corrected chi connectivity index (χ1v) is 9.93. The molecule has 0 saturated heterocycles. The maximum Gasteiger partial charge on any atom is 0.230 e. The molecule has 120 valence electrons. The number of hydrogen-bond acceptors (Lipinski definition) is 3. The Morgan fingerprint density at radius 1 is 1.18 bits per heavy atom. The number of rotatable bonds is 4. The van der Waals surface area contributed by atoms with Gasteiger partial charge in [-0.1, -0.05) is 36.8 Å². The summed E-state index contributed by atoms with van der Waals surface area (Å²) in [6.45, 7) is 0. The molecular formula is C17H23NO3S. The number of benzene rings is 1. The van der Waals surface area contributed by atoms with E-state index >= 15 is 0 Å². The average molecular weight is 321 g/mol. The Kier molecular flexibility index (Phi) is 4.02. The number of sulfone groups is 1. The molecule has 1 amide bonds. The van der Waals surface area contributed by atoms with Gasteiger partial charge < -0.3 is 5.32 Å². The van der Waals surface area contributed by atoms with Crippen LogP contribution in [0, 0.1) is 0 Å². The highest BCUT2D eigenvalue weighted by atomic mass is 32.2. The Morgan fingerprint density at radius 3 is 2.45 bits per heavy atom. The van der Waals surface area contributed by atoms with Crippen LogP contribution in [-0.4, -0.2) is 31.9 Å². The first-order chi connectivity index (χ1) is 10.4. The molecule has 0 aromatic heterocycles. The van der Waals surface area contributed by atoms with E-state index in [-0.39, 0.29) is 22.6 Å². The number of carbonyl (C=O) groups is 1. The SMILES string of the molecule is CS(=O)(=O)C1CCCC(NC(=O)C2(c3ccccc3)CC2)C1. The number of nitrogens with one attached hydrogen (secondary N) is 1. The lowest BCUT2D eigenvalue weighted by molar-refractivity contribution is -0.124. The molecule has 1 aromatic carbocycles. The number of amides is 1. The molecule has 1 aromatic rings. The Balaban J connectivity index is 1.67. The summed E-state index contributed by atoms with van der Waals surface area (Å²) in [6, 6.07) is 9.88. The molecule has 0 radical (unpaired) electrons. The van der Waals surface area contributed by atoms with Crippen LogP contribution in [0.4, 0.5) is 0 Å². The van der Waals surface area contributed by atoms with Gasteiger partial charge in [-0.05, 0) is 37.7 Å². The molecule has 0 aliphatic heterocycles. The van der Waals surface area contributed by atoms with Crippen LogP contribution in [-0.2, 0) is 20.0 Å². The van der Waals surface area contributed by atoms with Gasteiger partial charge in [0.1, 0.15) is 9.84 Å². The quantitative estimate of drug-likeness (QED) is 0.924. The van der Waals surface area contributed by atoms with Crippen LogP contribution >= 0.6 is 0 Å². The minimum absolute atomic E-state index is 0.0119. The summed E-state index contributed by atoms with van der Waals surface area (Å²) in [4.78, 5) is 12.7. The first kappa shape index (κ1) is 15.5. The summed E-state index contributed by atoms with van der Waals surface area (Å²) in [5.41, 5.74) is 0.696. The van der Waals surface area contributed by atoms with Crippen molar-refractivity contribution >= 4 is 15.7 Å². The maximum atomic E-state index is 12.7. The molecule has 2 atom stereocenters. The zero-order valence-corrected chi connectivity index (χ0v) is 13.7. The van der Waals surface area contributed by atoms with E-state index in [0.717, 1.165) is 37.7 Å². The van der Waals surface area contributed by atoms with Crippen molar-refractivity contribution in [2.24, 2.45) is 0 Å². The monoisotopic (exact) mass is 321 g/mol. The molecule has 4 nitrogen and oxygen atoms in total. The minimum atomic E-state index is -3.02. The fourth-order valence-corrected chi connectivity index (χ4v) is 4.69. The molecule has 2 aliphatic rings. The molecular weight excluding hydrogens is 298 g/mol. The molecule has 22 heavy (non-hydrogen) atoms. The molecule has 2 saturated carbocycles. The summed E-state index contributed by atoms with van der Waals surface area (Å²) in [5, 5.41) is 2.81. The molecule has 1 N–H and O–H groups in total. The van der Waals surface area contributed by atoms with Crippen LogP contribution in [0.1, 0.15) is 44.1 Å². The summed E-state index contributed by atoms with van der Waals surface area (Å²) in [5.74, 6) is 0.0675. The molecule has 2 unspecified atom stereocenters. The normalized spacial score (nSPS) is 27.1. The lowest BCUT2D eigenvalue weighted by atomic mass is 9.91. The van der Waals surface area contributed by atoms with Gasteiger partial charge in [-0.3, -0.25) is 4.79 Å². The van der Waals surface area contributed by atoms with Crippen LogP contribution in [0.15, 0.2) is 30.3 Å². The van der Waals surface area contributed by atoms with E-state index < -0.39 is 9.84 Å². The number of hydrogen-bond donors (Lipinski definition) is 1. The maximum absolute atomic E-state index is 12.7. The average Bonchev–Trinajstić information content (AvgIpc) is 3.29. The summed E-state index contributed by atoms with van der Waals surface area (Å²) in [7, 11) is -3.02. The van der Waals surface area contributed by atoms with E-state index in [4.69, 9.17) is 0 Å². The fourth-order valence-electron chi connectivity index (χ4n) is 3.52. The third-order valence-electron chi connectivity index (χ3n) is 5.08. The van der Waals surface area contributed by atoms with Crippen LogP contribution in [0.2, 0.25) is 0 Å². The van der Waals surface area contributed by atoms with Gasteiger partial charge in [0, 0.05) is 12.3 Å². The molecule has 0 spiro atoms. The van der Waals surface area contributed by atoms with Gasteiger partial charge in [-0.2, -0.15) is 0 Å². The predicted molar refractivity (Wildman–Crippen MR) is 86.4 cm³/mol. The van der Waals surface area contributed by atoms with Crippen LogP contribution in [0.3, 0.4) is 0 Å². The predicted octanol–water partition coefficient (Wildman–Crippen LogP) is 2.19. The molecule has 0 heterocycles. The summed E-state index contributed by atoms with van der Waals surface area (Å²) in [6.07, 6.45) is 6.07. The summed E-state index contributed by atoms with van der Waals surface area (Å²) < 4.78 is 23.5. The first-order valence-electron chi connectivity index (χ1n) is 7.97.